The fourth-order valence-electron chi connectivity index (χ4n) is 1.03. The minimum Gasteiger partial charge on any atom is -0.662 e. The largest absolute Gasteiger partial charge is 1.00 e. The van der Waals surface area contributed by atoms with Crippen molar-refractivity contribution in [2.75, 3.05) is 6.54 Å². The van der Waals surface area contributed by atoms with Gasteiger partial charge in [-0.25, -0.2) is 0 Å². The summed E-state index contributed by atoms with van der Waals surface area (Å²) in [4.78, 5) is 0. The Morgan fingerprint density at radius 2 is 2.00 bits per heavy atom. The average Bonchev–Trinajstić information content (AvgIpc) is 2.19. The van der Waals surface area contributed by atoms with Crippen LogP contribution in [0.1, 0.15) is 18.9 Å². The van der Waals surface area contributed by atoms with Crippen molar-refractivity contribution in [1.29, 1.82) is 0 Å². The zero-order valence-electron chi connectivity index (χ0n) is 11.2. The minimum atomic E-state index is 0. The molecule has 0 bridgehead atoms. The smallest absolute Gasteiger partial charge is 0.662 e. The van der Waals surface area contributed by atoms with Gasteiger partial charge in [0, 0.05) is 0 Å². The molecule has 0 radical (unpaired) electrons. The molecule has 0 aromatic heterocycles. The van der Waals surface area contributed by atoms with Crippen molar-refractivity contribution in [2.24, 2.45) is 5.92 Å². The molecule has 0 spiro atoms. The van der Waals surface area contributed by atoms with Gasteiger partial charge in [-0.2, -0.15) is 48.4 Å². The molecular weight excluding hydrogens is 179 g/mol. The first kappa shape index (κ1) is 22.2. The zero-order valence-corrected chi connectivity index (χ0v) is 11.2. The molecule has 1 aromatic carbocycles. The van der Waals surface area contributed by atoms with Crippen LogP contribution in [0.5, 0.6) is 0 Å². The van der Waals surface area contributed by atoms with Gasteiger partial charge in [0.05, 0.1) is 0 Å². The van der Waals surface area contributed by atoms with Crippen LogP contribution in [0.3, 0.4) is 0 Å². The van der Waals surface area contributed by atoms with E-state index in [1.807, 2.05) is 24.3 Å². The predicted octanol–water partition coefficient (Wildman–Crippen LogP) is -5.77. The van der Waals surface area contributed by atoms with Gasteiger partial charge >= 0.3 is 56.6 Å². The molecule has 0 aliphatic carbocycles. The maximum Gasteiger partial charge on any atom is 1.00 e. The maximum absolute atomic E-state index is 4.42. The summed E-state index contributed by atoms with van der Waals surface area (Å²) in [5, 5.41) is 4.42. The molecule has 0 saturated heterocycles. The van der Waals surface area contributed by atoms with Crippen LogP contribution in [0.4, 0.5) is 0 Å². The first-order chi connectivity index (χ1) is 6.33. The van der Waals surface area contributed by atoms with Gasteiger partial charge in [-0.1, -0.05) is 13.3 Å². The number of rotatable bonds is 5. The SMILES string of the molecule is [CH2-]C(CC)C[N-]Cc1[c-]cccc1.[Li+].[Li+].[Li+]. The molecular formula is C12H16Li3N. The van der Waals surface area contributed by atoms with E-state index in [1.54, 1.807) is 0 Å². The molecule has 0 saturated carbocycles. The van der Waals surface area contributed by atoms with Crippen molar-refractivity contribution in [3.8, 4) is 0 Å². The summed E-state index contributed by atoms with van der Waals surface area (Å²) in [6, 6.07) is 11.1. The fourth-order valence-corrected chi connectivity index (χ4v) is 1.03. The van der Waals surface area contributed by atoms with Crippen LogP contribution in [-0.2, 0) is 6.54 Å². The van der Waals surface area contributed by atoms with Crippen molar-refractivity contribution in [3.63, 3.8) is 0 Å². The van der Waals surface area contributed by atoms with Crippen molar-refractivity contribution in [1.82, 2.24) is 0 Å². The average molecular weight is 195 g/mol. The number of hydrogen-bond donors (Lipinski definition) is 0. The molecule has 0 N–H and O–H groups in total. The maximum atomic E-state index is 4.42. The molecule has 0 aliphatic heterocycles. The number of nitrogens with zero attached hydrogens (tertiary/aromatic N) is 1. The van der Waals surface area contributed by atoms with E-state index in [1.165, 1.54) is 0 Å². The Kier molecular flexibility index (Phi) is 19.5. The molecule has 4 heteroatoms. The van der Waals surface area contributed by atoms with Crippen LogP contribution >= 0.6 is 0 Å². The van der Waals surface area contributed by atoms with Gasteiger partial charge in [-0.05, 0) is 0 Å². The van der Waals surface area contributed by atoms with Gasteiger partial charge in [0.15, 0.2) is 0 Å². The van der Waals surface area contributed by atoms with Gasteiger partial charge < -0.3 is 12.2 Å². The number of hydrogen-bond acceptors (Lipinski definition) is 0. The molecule has 1 rings (SSSR count). The topological polar surface area (TPSA) is 14.1 Å². The minimum absolute atomic E-state index is 0. The standard InChI is InChI=1S/C12H16N.3Li/c1-3-11(2)9-13-10-12-7-5-4-6-8-12;;;/h4-7,11H,2-3,9-10H2,1H3;;;/q-3;3*+1. The summed E-state index contributed by atoms with van der Waals surface area (Å²) in [5.74, 6) is 0.462. The van der Waals surface area contributed by atoms with E-state index < -0.39 is 0 Å². The second kappa shape index (κ2) is 14.0. The van der Waals surface area contributed by atoms with E-state index in [0.29, 0.717) is 5.92 Å². The molecule has 0 fully saturated rings. The first-order valence-electron chi connectivity index (χ1n) is 4.75. The summed E-state index contributed by atoms with van der Waals surface area (Å²) in [6.07, 6.45) is 1.10. The van der Waals surface area contributed by atoms with Crippen molar-refractivity contribution < 1.29 is 56.6 Å². The third kappa shape index (κ3) is 10.1. The van der Waals surface area contributed by atoms with Gasteiger partial charge in [-0.15, -0.1) is 6.54 Å². The summed E-state index contributed by atoms with van der Waals surface area (Å²) >= 11 is 0. The van der Waals surface area contributed by atoms with Crippen LogP contribution < -0.4 is 56.6 Å². The molecule has 1 nitrogen and oxygen atoms in total. The van der Waals surface area contributed by atoms with Crippen LogP contribution in [0.2, 0.25) is 0 Å². The normalized spacial score (nSPS) is 10.4. The van der Waals surface area contributed by atoms with Crippen LogP contribution in [0.15, 0.2) is 24.3 Å². The Hall–Kier alpha value is 0.972. The van der Waals surface area contributed by atoms with Crippen molar-refractivity contribution in [3.05, 3.63) is 48.1 Å². The van der Waals surface area contributed by atoms with E-state index >= 15 is 0 Å². The Morgan fingerprint density at radius 1 is 1.31 bits per heavy atom. The Labute approximate surface area is 136 Å². The molecule has 0 aliphatic rings. The molecule has 72 valence electrons. The number of benzene rings is 1. The van der Waals surface area contributed by atoms with Crippen LogP contribution in [0, 0.1) is 18.9 Å². The summed E-state index contributed by atoms with van der Waals surface area (Å²) in [7, 11) is 0. The van der Waals surface area contributed by atoms with Crippen LogP contribution in [-0.4, -0.2) is 6.54 Å². The third-order valence-electron chi connectivity index (χ3n) is 2.02. The first-order valence-corrected chi connectivity index (χ1v) is 4.75. The molecule has 1 atom stereocenters. The Morgan fingerprint density at radius 3 is 2.50 bits per heavy atom. The quantitative estimate of drug-likeness (QED) is 0.328. The van der Waals surface area contributed by atoms with E-state index in [0.717, 1.165) is 25.1 Å². The summed E-state index contributed by atoms with van der Waals surface area (Å²) in [5.41, 5.74) is 1.16. The molecule has 1 unspecified atom stereocenters. The second-order valence-corrected chi connectivity index (χ2v) is 3.23. The summed E-state index contributed by atoms with van der Waals surface area (Å²) in [6.45, 7) is 7.76. The van der Waals surface area contributed by atoms with E-state index in [-0.39, 0.29) is 56.6 Å². The van der Waals surface area contributed by atoms with Crippen molar-refractivity contribution in [2.45, 2.75) is 19.9 Å². The predicted molar refractivity (Wildman–Crippen MR) is 56.3 cm³/mol. The Balaban J connectivity index is -0.000000563. The molecule has 0 amide bonds. The Bertz CT molecular complexity index is 229. The molecule has 16 heavy (non-hydrogen) atoms. The monoisotopic (exact) mass is 195 g/mol. The fraction of sp³-hybridized carbons (Fsp3) is 0.417. The van der Waals surface area contributed by atoms with E-state index in [2.05, 4.69) is 25.2 Å². The van der Waals surface area contributed by atoms with Gasteiger partial charge in [0.1, 0.15) is 0 Å². The molecule has 0 heterocycles. The van der Waals surface area contributed by atoms with Gasteiger partial charge in [0.2, 0.25) is 0 Å². The second-order valence-electron chi connectivity index (χ2n) is 3.23. The summed E-state index contributed by atoms with van der Waals surface area (Å²) < 4.78 is 0. The molecule has 1 aromatic rings. The van der Waals surface area contributed by atoms with E-state index in [4.69, 9.17) is 0 Å². The van der Waals surface area contributed by atoms with Gasteiger partial charge in [-0.3, -0.25) is 0 Å². The van der Waals surface area contributed by atoms with Gasteiger partial charge in [0.25, 0.3) is 0 Å². The zero-order chi connectivity index (χ0) is 9.52. The van der Waals surface area contributed by atoms with E-state index in [9.17, 15) is 0 Å². The van der Waals surface area contributed by atoms with Crippen LogP contribution in [0.25, 0.3) is 5.32 Å². The van der Waals surface area contributed by atoms with Crippen molar-refractivity contribution >= 4 is 0 Å². The third-order valence-corrected chi connectivity index (χ3v) is 2.02.